The fourth-order valence-electron chi connectivity index (χ4n) is 3.18. The van der Waals surface area contributed by atoms with Gasteiger partial charge in [-0.3, -0.25) is 19.4 Å². The summed E-state index contributed by atoms with van der Waals surface area (Å²) in [6, 6.07) is 7.83. The predicted molar refractivity (Wildman–Crippen MR) is 106 cm³/mol. The van der Waals surface area contributed by atoms with E-state index in [0.29, 0.717) is 50.8 Å². The third kappa shape index (κ3) is 6.37. The molecule has 0 spiro atoms. The third-order valence-electron chi connectivity index (χ3n) is 4.85. The maximum Gasteiger partial charge on any atom is 0.239 e. The molecule has 0 radical (unpaired) electrons. The summed E-state index contributed by atoms with van der Waals surface area (Å²) in [4.78, 5) is 30.3. The molecule has 156 valence electrons. The van der Waals surface area contributed by atoms with Crippen LogP contribution in [0.4, 0.5) is 10.2 Å². The van der Waals surface area contributed by atoms with E-state index in [1.54, 1.807) is 37.1 Å². The molecule has 29 heavy (non-hydrogen) atoms. The average molecular weight is 403 g/mol. The molecule has 1 aliphatic rings. The van der Waals surface area contributed by atoms with Gasteiger partial charge in [-0.15, -0.1) is 0 Å². The lowest BCUT2D eigenvalue weighted by Crippen LogP contribution is -2.51. The first-order valence-corrected chi connectivity index (χ1v) is 9.55. The number of aromatic nitrogens is 1. The Labute approximate surface area is 169 Å². The van der Waals surface area contributed by atoms with Gasteiger partial charge in [-0.25, -0.2) is 4.39 Å². The molecule has 8 nitrogen and oxygen atoms in total. The van der Waals surface area contributed by atoms with Crippen molar-refractivity contribution in [1.29, 1.82) is 0 Å². The number of amides is 2. The van der Waals surface area contributed by atoms with Crippen molar-refractivity contribution in [2.75, 3.05) is 51.6 Å². The zero-order valence-electron chi connectivity index (χ0n) is 16.7. The Morgan fingerprint density at radius 2 is 1.76 bits per heavy atom. The van der Waals surface area contributed by atoms with E-state index in [0.717, 1.165) is 5.56 Å². The van der Waals surface area contributed by atoms with Crippen molar-refractivity contribution >= 4 is 17.6 Å². The summed E-state index contributed by atoms with van der Waals surface area (Å²) in [7, 11) is 1.75. The second-order valence-corrected chi connectivity index (χ2v) is 7.30. The number of hydrogen-bond acceptors (Lipinski definition) is 6. The second kappa shape index (κ2) is 9.62. The lowest BCUT2D eigenvalue weighted by atomic mass is 10.2. The maximum absolute atomic E-state index is 13.0. The Morgan fingerprint density at radius 3 is 2.34 bits per heavy atom. The van der Waals surface area contributed by atoms with Gasteiger partial charge in [0.1, 0.15) is 11.6 Å². The van der Waals surface area contributed by atoms with Crippen LogP contribution in [-0.2, 0) is 16.1 Å². The minimum absolute atomic E-state index is 0.0157. The van der Waals surface area contributed by atoms with Crippen LogP contribution in [0.3, 0.4) is 0 Å². The highest BCUT2D eigenvalue weighted by Gasteiger charge is 2.22. The Balaban J connectivity index is 1.38. The van der Waals surface area contributed by atoms with Crippen molar-refractivity contribution in [3.63, 3.8) is 0 Å². The molecule has 2 heterocycles. The van der Waals surface area contributed by atoms with Crippen molar-refractivity contribution < 1.29 is 18.5 Å². The summed E-state index contributed by atoms with van der Waals surface area (Å²) >= 11 is 0. The zero-order valence-corrected chi connectivity index (χ0v) is 16.7. The predicted octanol–water partition coefficient (Wildman–Crippen LogP) is 1.34. The topological polar surface area (TPSA) is 81.9 Å². The summed E-state index contributed by atoms with van der Waals surface area (Å²) in [6.45, 7) is 5.66. The van der Waals surface area contributed by atoms with E-state index < -0.39 is 0 Å². The number of rotatable bonds is 7. The number of nitrogens with one attached hydrogen (secondary N) is 1. The number of aryl methyl sites for hydroxylation is 1. The molecule has 1 aromatic carbocycles. The van der Waals surface area contributed by atoms with Crippen LogP contribution in [0.2, 0.25) is 0 Å². The van der Waals surface area contributed by atoms with E-state index in [1.807, 2.05) is 4.90 Å². The van der Waals surface area contributed by atoms with Crippen LogP contribution in [0.5, 0.6) is 0 Å². The third-order valence-corrected chi connectivity index (χ3v) is 4.85. The van der Waals surface area contributed by atoms with Gasteiger partial charge < -0.3 is 14.7 Å². The summed E-state index contributed by atoms with van der Waals surface area (Å²) < 4.78 is 17.9. The molecule has 0 unspecified atom stereocenters. The number of anilines is 1. The van der Waals surface area contributed by atoms with E-state index in [2.05, 4.69) is 15.4 Å². The van der Waals surface area contributed by atoms with E-state index in [9.17, 15) is 14.0 Å². The molecule has 1 N–H and O–H groups in total. The highest BCUT2D eigenvalue weighted by atomic mass is 19.1. The van der Waals surface area contributed by atoms with Crippen molar-refractivity contribution in [3.8, 4) is 0 Å². The van der Waals surface area contributed by atoms with Crippen LogP contribution in [0.25, 0.3) is 0 Å². The van der Waals surface area contributed by atoms with Gasteiger partial charge >= 0.3 is 0 Å². The number of nitrogens with zero attached hydrogens (tertiary/aromatic N) is 4. The summed E-state index contributed by atoms with van der Waals surface area (Å²) in [6.07, 6.45) is 0. The van der Waals surface area contributed by atoms with Crippen LogP contribution in [-0.4, -0.2) is 78.0 Å². The molecule has 1 saturated heterocycles. The fourth-order valence-corrected chi connectivity index (χ4v) is 3.18. The van der Waals surface area contributed by atoms with Crippen LogP contribution < -0.4 is 5.32 Å². The Morgan fingerprint density at radius 1 is 1.14 bits per heavy atom. The number of benzene rings is 1. The molecule has 2 aromatic rings. The van der Waals surface area contributed by atoms with Gasteiger partial charge in [0.05, 0.1) is 13.1 Å². The Hall–Kier alpha value is -2.78. The SMILES string of the molecule is Cc1cc(NC(=O)CN2CCN(CC(=O)N(C)Cc3ccc(F)cc3)CC2)no1. The van der Waals surface area contributed by atoms with Crippen LogP contribution >= 0.6 is 0 Å². The highest BCUT2D eigenvalue weighted by Crippen LogP contribution is 2.09. The monoisotopic (exact) mass is 403 g/mol. The summed E-state index contributed by atoms with van der Waals surface area (Å²) in [5, 5.41) is 6.46. The number of likely N-dealkylation sites (N-methyl/N-ethyl adjacent to an activating group) is 1. The largest absolute Gasteiger partial charge is 0.360 e. The summed E-state index contributed by atoms with van der Waals surface area (Å²) in [5.74, 6) is 0.651. The van der Waals surface area contributed by atoms with Crippen LogP contribution in [0.15, 0.2) is 34.9 Å². The molecule has 0 aliphatic carbocycles. The number of carbonyl (C=O) groups excluding carboxylic acids is 2. The molecule has 1 fully saturated rings. The lowest BCUT2D eigenvalue weighted by molar-refractivity contribution is -0.132. The molecule has 9 heteroatoms. The summed E-state index contributed by atoms with van der Waals surface area (Å²) in [5.41, 5.74) is 0.889. The molecular formula is C20H26FN5O3. The van der Waals surface area contributed by atoms with Crippen molar-refractivity contribution in [1.82, 2.24) is 19.9 Å². The molecule has 1 aromatic heterocycles. The van der Waals surface area contributed by atoms with Gasteiger partial charge in [-0.1, -0.05) is 17.3 Å². The fraction of sp³-hybridized carbons (Fsp3) is 0.450. The van der Waals surface area contributed by atoms with E-state index in [1.165, 1.54) is 12.1 Å². The maximum atomic E-state index is 13.0. The first-order chi connectivity index (χ1) is 13.9. The Kier molecular flexibility index (Phi) is 6.95. The number of halogens is 1. The molecule has 0 atom stereocenters. The second-order valence-electron chi connectivity index (χ2n) is 7.30. The minimum Gasteiger partial charge on any atom is -0.360 e. The van der Waals surface area contributed by atoms with Crippen LogP contribution in [0, 0.1) is 12.7 Å². The Bertz CT molecular complexity index is 831. The van der Waals surface area contributed by atoms with E-state index in [-0.39, 0.29) is 24.2 Å². The van der Waals surface area contributed by atoms with Gasteiger partial charge in [0, 0.05) is 45.8 Å². The highest BCUT2D eigenvalue weighted by molar-refractivity contribution is 5.91. The smallest absolute Gasteiger partial charge is 0.239 e. The number of hydrogen-bond donors (Lipinski definition) is 1. The minimum atomic E-state index is -0.287. The van der Waals surface area contributed by atoms with E-state index >= 15 is 0 Å². The number of carbonyl (C=O) groups is 2. The zero-order chi connectivity index (χ0) is 20.8. The van der Waals surface area contributed by atoms with Crippen molar-refractivity contribution in [2.24, 2.45) is 0 Å². The van der Waals surface area contributed by atoms with E-state index in [4.69, 9.17) is 4.52 Å². The van der Waals surface area contributed by atoms with Crippen molar-refractivity contribution in [3.05, 3.63) is 47.5 Å². The lowest BCUT2D eigenvalue weighted by Gasteiger charge is -2.34. The molecule has 0 saturated carbocycles. The van der Waals surface area contributed by atoms with Gasteiger partial charge in [0.2, 0.25) is 11.8 Å². The van der Waals surface area contributed by atoms with Gasteiger partial charge in [0.15, 0.2) is 5.82 Å². The number of piperazine rings is 1. The van der Waals surface area contributed by atoms with Gasteiger partial charge in [0.25, 0.3) is 0 Å². The first kappa shape index (κ1) is 20.9. The molecule has 1 aliphatic heterocycles. The average Bonchev–Trinajstić information content (AvgIpc) is 3.09. The van der Waals surface area contributed by atoms with Gasteiger partial charge in [-0.05, 0) is 24.6 Å². The molecular weight excluding hydrogens is 377 g/mol. The molecule has 2 amide bonds. The van der Waals surface area contributed by atoms with Crippen molar-refractivity contribution in [2.45, 2.75) is 13.5 Å². The normalized spacial score (nSPS) is 15.3. The molecule has 3 rings (SSSR count). The standard InChI is InChI=1S/C20H26FN5O3/c1-15-11-18(23-29-15)22-19(27)13-25-7-9-26(10-8-25)14-20(28)24(2)12-16-3-5-17(21)6-4-16/h3-6,11H,7-10,12-14H2,1-2H3,(H,22,23,27). The molecule has 0 bridgehead atoms. The quantitative estimate of drug-likeness (QED) is 0.751. The van der Waals surface area contributed by atoms with Crippen LogP contribution in [0.1, 0.15) is 11.3 Å². The van der Waals surface area contributed by atoms with Gasteiger partial charge in [-0.2, -0.15) is 0 Å². The first-order valence-electron chi connectivity index (χ1n) is 9.55.